The first-order valence-electron chi connectivity index (χ1n) is 8.74. The third-order valence-corrected chi connectivity index (χ3v) is 6.23. The van der Waals surface area contributed by atoms with Gasteiger partial charge in [0.05, 0.1) is 16.8 Å². The van der Waals surface area contributed by atoms with Crippen molar-refractivity contribution in [3.63, 3.8) is 0 Å². The molecular formula is C20H18N2O6S. The lowest BCUT2D eigenvalue weighted by Crippen LogP contribution is -2.38. The molecule has 0 saturated heterocycles. The molecule has 1 aromatic carbocycles. The lowest BCUT2D eigenvalue weighted by molar-refractivity contribution is -0.123. The van der Waals surface area contributed by atoms with Gasteiger partial charge in [-0.3, -0.25) is 9.59 Å². The van der Waals surface area contributed by atoms with Crippen LogP contribution >= 0.6 is 11.3 Å². The number of ketones is 2. The Bertz CT molecular complexity index is 1180. The molecule has 1 aliphatic heterocycles. The zero-order valence-electron chi connectivity index (χ0n) is 16.1. The van der Waals surface area contributed by atoms with Crippen LogP contribution in [0.3, 0.4) is 0 Å². The number of phenols is 2. The lowest BCUT2D eigenvalue weighted by Gasteiger charge is -2.28. The standard InChI is InChI=1S/C20H18N2O6S/c1-7-15(25)13(9-6-29-19(21-4)22-9)17-14(16(7)26)20(3)11(28-17)5-10(24)12(8(2)23)18(20)27/h5-6,24-26H,1-4H3,(H,21,22)/t20-/m0/s1. The van der Waals surface area contributed by atoms with Gasteiger partial charge in [-0.1, -0.05) is 0 Å². The van der Waals surface area contributed by atoms with Gasteiger partial charge in [0, 0.05) is 24.1 Å². The van der Waals surface area contributed by atoms with Gasteiger partial charge in [-0.05, 0) is 20.8 Å². The summed E-state index contributed by atoms with van der Waals surface area (Å²) in [6, 6.07) is 0. The number of benzene rings is 1. The molecule has 0 bridgehead atoms. The van der Waals surface area contributed by atoms with Crippen LogP contribution in [0.4, 0.5) is 5.13 Å². The highest BCUT2D eigenvalue weighted by molar-refractivity contribution is 7.14. The molecular weight excluding hydrogens is 396 g/mol. The first kappa shape index (κ1) is 19.0. The highest BCUT2D eigenvalue weighted by Gasteiger charge is 2.55. The zero-order valence-corrected chi connectivity index (χ0v) is 16.9. The van der Waals surface area contributed by atoms with Crippen molar-refractivity contribution in [1.29, 1.82) is 0 Å². The van der Waals surface area contributed by atoms with Gasteiger partial charge in [-0.2, -0.15) is 0 Å². The summed E-state index contributed by atoms with van der Waals surface area (Å²) in [7, 11) is 1.71. The van der Waals surface area contributed by atoms with E-state index < -0.39 is 22.7 Å². The maximum atomic E-state index is 13.2. The third kappa shape index (κ3) is 2.34. The third-order valence-electron chi connectivity index (χ3n) is 5.37. The second kappa shape index (κ2) is 6.08. The number of hydrogen-bond acceptors (Lipinski definition) is 9. The number of hydrogen-bond donors (Lipinski definition) is 4. The highest BCUT2D eigenvalue weighted by Crippen LogP contribution is 2.59. The summed E-state index contributed by atoms with van der Waals surface area (Å²) in [5.41, 5.74) is -0.979. The van der Waals surface area contributed by atoms with Crippen molar-refractivity contribution in [3.8, 4) is 28.5 Å². The Morgan fingerprint density at radius 1 is 1.28 bits per heavy atom. The highest BCUT2D eigenvalue weighted by atomic mass is 32.1. The van der Waals surface area contributed by atoms with Crippen molar-refractivity contribution in [2.24, 2.45) is 0 Å². The molecule has 29 heavy (non-hydrogen) atoms. The van der Waals surface area contributed by atoms with Gasteiger partial charge in [0.15, 0.2) is 16.7 Å². The Labute approximate surface area is 169 Å². The predicted octanol–water partition coefficient (Wildman–Crippen LogP) is 3.09. The number of carbonyl (C=O) groups is 2. The minimum absolute atomic E-state index is 0.0608. The van der Waals surface area contributed by atoms with Gasteiger partial charge in [0.25, 0.3) is 0 Å². The molecule has 8 nitrogen and oxygen atoms in total. The molecule has 1 atom stereocenters. The summed E-state index contributed by atoms with van der Waals surface area (Å²) in [5.74, 6) is -2.17. The van der Waals surface area contributed by atoms with E-state index in [2.05, 4.69) is 10.3 Å². The van der Waals surface area contributed by atoms with Gasteiger partial charge < -0.3 is 25.4 Å². The Morgan fingerprint density at radius 2 is 1.97 bits per heavy atom. The van der Waals surface area contributed by atoms with Gasteiger partial charge >= 0.3 is 0 Å². The van der Waals surface area contributed by atoms with Crippen LogP contribution in [0, 0.1) is 6.92 Å². The molecule has 0 spiro atoms. The molecule has 150 valence electrons. The van der Waals surface area contributed by atoms with Gasteiger partial charge in [-0.15, -0.1) is 11.3 Å². The number of thiazole rings is 1. The molecule has 1 aliphatic carbocycles. The molecule has 0 unspecified atom stereocenters. The molecule has 0 saturated carbocycles. The number of phenolic OH excluding ortho intramolecular Hbond substituents is 2. The number of anilines is 1. The van der Waals surface area contributed by atoms with Crippen molar-refractivity contribution in [1.82, 2.24) is 4.98 Å². The first-order chi connectivity index (χ1) is 13.6. The maximum absolute atomic E-state index is 13.2. The van der Waals surface area contributed by atoms with Crippen LogP contribution in [0.15, 0.2) is 28.5 Å². The number of rotatable bonds is 3. The van der Waals surface area contributed by atoms with Crippen LogP contribution in [0.5, 0.6) is 17.2 Å². The minimum atomic E-state index is -1.53. The fourth-order valence-corrected chi connectivity index (χ4v) is 4.43. The van der Waals surface area contributed by atoms with Crippen LogP contribution in [-0.4, -0.2) is 38.9 Å². The number of aliphatic hydroxyl groups is 1. The monoisotopic (exact) mass is 414 g/mol. The summed E-state index contributed by atoms with van der Waals surface area (Å²) in [4.78, 5) is 29.6. The van der Waals surface area contributed by atoms with Crippen molar-refractivity contribution in [2.75, 3.05) is 12.4 Å². The number of aromatic nitrogens is 1. The fourth-order valence-electron chi connectivity index (χ4n) is 3.77. The molecule has 9 heteroatoms. The summed E-state index contributed by atoms with van der Waals surface area (Å²) in [6.07, 6.45) is 1.20. The van der Waals surface area contributed by atoms with E-state index >= 15 is 0 Å². The van der Waals surface area contributed by atoms with E-state index in [1.807, 2.05) is 0 Å². The zero-order chi connectivity index (χ0) is 21.2. The number of nitrogens with one attached hydrogen (secondary N) is 1. The smallest absolute Gasteiger partial charge is 0.188 e. The number of aliphatic hydroxyl groups excluding tert-OH is 1. The van der Waals surface area contributed by atoms with E-state index in [1.54, 1.807) is 12.4 Å². The second-order valence-electron chi connectivity index (χ2n) is 7.07. The van der Waals surface area contributed by atoms with Crippen LogP contribution in [-0.2, 0) is 15.0 Å². The Hall–Kier alpha value is -3.33. The number of Topliss-reactive ketones (excluding diaryl/α,β-unsaturated/α-hetero) is 2. The van der Waals surface area contributed by atoms with E-state index in [0.29, 0.717) is 10.8 Å². The van der Waals surface area contributed by atoms with Crippen molar-refractivity contribution in [2.45, 2.75) is 26.2 Å². The van der Waals surface area contributed by atoms with Gasteiger partial charge in [-0.25, -0.2) is 4.98 Å². The molecule has 1 aromatic heterocycles. The molecule has 0 fully saturated rings. The van der Waals surface area contributed by atoms with E-state index in [4.69, 9.17) is 4.74 Å². The molecule has 2 aliphatic rings. The summed E-state index contributed by atoms with van der Waals surface area (Å²) in [6.45, 7) is 4.21. The van der Waals surface area contributed by atoms with E-state index in [1.165, 1.54) is 38.2 Å². The van der Waals surface area contributed by atoms with E-state index in [-0.39, 0.29) is 45.3 Å². The summed E-state index contributed by atoms with van der Waals surface area (Å²) in [5, 5.41) is 37.0. The van der Waals surface area contributed by atoms with Crippen LogP contribution in [0.1, 0.15) is 25.0 Å². The number of aromatic hydroxyl groups is 2. The summed E-state index contributed by atoms with van der Waals surface area (Å²) < 4.78 is 5.89. The molecule has 0 radical (unpaired) electrons. The van der Waals surface area contributed by atoms with Crippen LogP contribution in [0.25, 0.3) is 11.3 Å². The Balaban J connectivity index is 2.05. The normalized spacial score (nSPS) is 20.1. The molecule has 4 N–H and O–H groups in total. The number of carbonyl (C=O) groups excluding carboxylic acids is 2. The number of allylic oxidation sites excluding steroid dienone is 3. The molecule has 2 heterocycles. The fraction of sp³-hybridized carbons (Fsp3) is 0.250. The quantitative estimate of drug-likeness (QED) is 0.564. The topological polar surface area (TPSA) is 129 Å². The van der Waals surface area contributed by atoms with Crippen molar-refractivity contribution >= 4 is 28.0 Å². The molecule has 4 rings (SSSR count). The van der Waals surface area contributed by atoms with Gasteiger partial charge in [0.2, 0.25) is 0 Å². The predicted molar refractivity (Wildman–Crippen MR) is 107 cm³/mol. The molecule has 2 aromatic rings. The second-order valence-corrected chi connectivity index (χ2v) is 7.93. The minimum Gasteiger partial charge on any atom is -0.507 e. The largest absolute Gasteiger partial charge is 0.507 e. The number of ether oxygens (including phenoxy) is 1. The average molecular weight is 414 g/mol. The number of nitrogens with zero attached hydrogens (tertiary/aromatic N) is 1. The number of fused-ring (bicyclic) bond motifs is 3. The van der Waals surface area contributed by atoms with Crippen molar-refractivity contribution < 1.29 is 29.6 Å². The van der Waals surface area contributed by atoms with E-state index in [0.717, 1.165) is 0 Å². The first-order valence-corrected chi connectivity index (χ1v) is 9.62. The SMILES string of the molecule is CNc1nc(-c2c(O)c(C)c(O)c3c2OC2=CC(O)=C(C(C)=O)C(=O)[C@@]23C)cs1. The summed E-state index contributed by atoms with van der Waals surface area (Å²) >= 11 is 1.31. The van der Waals surface area contributed by atoms with Crippen LogP contribution < -0.4 is 10.1 Å². The van der Waals surface area contributed by atoms with E-state index in [9.17, 15) is 24.9 Å². The van der Waals surface area contributed by atoms with Crippen molar-refractivity contribution in [3.05, 3.63) is 39.7 Å². The maximum Gasteiger partial charge on any atom is 0.188 e. The molecule has 0 amide bonds. The van der Waals surface area contributed by atoms with Gasteiger partial charge in [0.1, 0.15) is 39.8 Å². The lowest BCUT2D eigenvalue weighted by atomic mass is 9.71. The van der Waals surface area contributed by atoms with Crippen LogP contribution in [0.2, 0.25) is 0 Å². The Kier molecular flexibility index (Phi) is 3.99. The average Bonchev–Trinajstić information content (AvgIpc) is 3.23. The Morgan fingerprint density at radius 3 is 2.55 bits per heavy atom.